The predicted octanol–water partition coefficient (Wildman–Crippen LogP) is 3.85. The number of methoxy groups -OCH3 is 1. The minimum absolute atomic E-state index is 0.463. The number of benzene rings is 1. The van der Waals surface area contributed by atoms with Crippen molar-refractivity contribution in [3.8, 4) is 0 Å². The van der Waals surface area contributed by atoms with Crippen molar-refractivity contribution >= 4 is 28.8 Å². The fourth-order valence-electron chi connectivity index (χ4n) is 1.61. The van der Waals surface area contributed by atoms with Gasteiger partial charge in [-0.05, 0) is 43.3 Å². The molecule has 0 atom stereocenters. The second-order valence-electron chi connectivity index (χ2n) is 4.06. The molecule has 0 spiro atoms. The van der Waals surface area contributed by atoms with E-state index in [1.54, 1.807) is 11.3 Å². The van der Waals surface area contributed by atoms with Gasteiger partial charge in [-0.1, -0.05) is 0 Å². The molecule has 1 aromatic carbocycles. The Morgan fingerprint density at radius 2 is 1.84 bits per heavy atom. The first-order valence-electron chi connectivity index (χ1n) is 5.91. The van der Waals surface area contributed by atoms with Gasteiger partial charge in [0.15, 0.2) is 0 Å². The molecule has 19 heavy (non-hydrogen) atoms. The SMILES string of the molecule is COC(=O)Nc1ccc(NCc2ccc(C)s2)cc1. The number of ether oxygens (including phenoxy) is 1. The van der Waals surface area contributed by atoms with Gasteiger partial charge in [0.1, 0.15) is 0 Å². The summed E-state index contributed by atoms with van der Waals surface area (Å²) in [5.41, 5.74) is 1.73. The number of hydrogen-bond donors (Lipinski definition) is 2. The molecule has 2 aromatic rings. The maximum absolute atomic E-state index is 11.0. The second kappa shape index (κ2) is 6.24. The fourth-order valence-corrected chi connectivity index (χ4v) is 2.44. The van der Waals surface area contributed by atoms with Crippen molar-refractivity contribution in [2.75, 3.05) is 17.7 Å². The van der Waals surface area contributed by atoms with E-state index in [0.29, 0.717) is 5.69 Å². The van der Waals surface area contributed by atoms with E-state index in [1.165, 1.54) is 16.9 Å². The Morgan fingerprint density at radius 3 is 2.42 bits per heavy atom. The van der Waals surface area contributed by atoms with Crippen molar-refractivity contribution in [1.29, 1.82) is 0 Å². The van der Waals surface area contributed by atoms with E-state index < -0.39 is 6.09 Å². The maximum atomic E-state index is 11.0. The molecule has 0 saturated heterocycles. The van der Waals surface area contributed by atoms with Crippen molar-refractivity contribution in [2.24, 2.45) is 0 Å². The average molecular weight is 276 g/mol. The molecule has 4 nitrogen and oxygen atoms in total. The maximum Gasteiger partial charge on any atom is 0.411 e. The van der Waals surface area contributed by atoms with Crippen molar-refractivity contribution in [3.05, 3.63) is 46.2 Å². The van der Waals surface area contributed by atoms with Crippen LogP contribution in [0.5, 0.6) is 0 Å². The summed E-state index contributed by atoms with van der Waals surface area (Å²) in [6.07, 6.45) is -0.463. The summed E-state index contributed by atoms with van der Waals surface area (Å²) in [5, 5.41) is 5.94. The van der Waals surface area contributed by atoms with Crippen LogP contribution in [0.4, 0.5) is 16.2 Å². The molecule has 0 bridgehead atoms. The number of rotatable bonds is 4. The van der Waals surface area contributed by atoms with Gasteiger partial charge in [0, 0.05) is 27.7 Å². The minimum Gasteiger partial charge on any atom is -0.453 e. The van der Waals surface area contributed by atoms with Crippen LogP contribution >= 0.6 is 11.3 Å². The Hall–Kier alpha value is -2.01. The van der Waals surface area contributed by atoms with Crippen LogP contribution in [0.1, 0.15) is 9.75 Å². The van der Waals surface area contributed by atoms with Gasteiger partial charge in [-0.25, -0.2) is 4.79 Å². The van der Waals surface area contributed by atoms with Crippen molar-refractivity contribution < 1.29 is 9.53 Å². The van der Waals surface area contributed by atoms with Crippen LogP contribution in [-0.4, -0.2) is 13.2 Å². The number of amides is 1. The number of hydrogen-bond acceptors (Lipinski definition) is 4. The molecule has 0 aliphatic heterocycles. The monoisotopic (exact) mass is 276 g/mol. The standard InChI is InChI=1S/C14H16N2O2S/c1-10-3-8-13(19-10)9-15-11-4-6-12(7-5-11)16-14(17)18-2/h3-8,15H,9H2,1-2H3,(H,16,17). The Morgan fingerprint density at radius 1 is 1.16 bits per heavy atom. The minimum atomic E-state index is -0.463. The Bertz CT molecular complexity index is 549. The highest BCUT2D eigenvalue weighted by Gasteiger charge is 2.01. The van der Waals surface area contributed by atoms with E-state index in [1.807, 2.05) is 24.3 Å². The molecule has 1 amide bonds. The number of nitrogens with one attached hydrogen (secondary N) is 2. The first-order chi connectivity index (χ1) is 9.17. The third kappa shape index (κ3) is 3.99. The van der Waals surface area contributed by atoms with Crippen LogP contribution in [0.3, 0.4) is 0 Å². The lowest BCUT2D eigenvalue weighted by Crippen LogP contribution is -2.10. The zero-order valence-electron chi connectivity index (χ0n) is 10.9. The zero-order chi connectivity index (χ0) is 13.7. The summed E-state index contributed by atoms with van der Waals surface area (Å²) in [6.45, 7) is 2.91. The normalized spacial score (nSPS) is 10.0. The van der Waals surface area contributed by atoms with Crippen LogP contribution in [0.2, 0.25) is 0 Å². The van der Waals surface area contributed by atoms with Crippen LogP contribution < -0.4 is 10.6 Å². The van der Waals surface area contributed by atoms with Crippen LogP contribution in [0, 0.1) is 6.92 Å². The van der Waals surface area contributed by atoms with Gasteiger partial charge in [0.25, 0.3) is 0 Å². The predicted molar refractivity (Wildman–Crippen MR) is 78.9 cm³/mol. The number of carbonyl (C=O) groups excluding carboxylic acids is 1. The lowest BCUT2D eigenvalue weighted by Gasteiger charge is -2.07. The molecule has 1 aromatic heterocycles. The molecule has 100 valence electrons. The van der Waals surface area contributed by atoms with Crippen LogP contribution in [0.25, 0.3) is 0 Å². The Kier molecular flexibility index (Phi) is 4.41. The quantitative estimate of drug-likeness (QED) is 0.892. The largest absolute Gasteiger partial charge is 0.453 e. The van der Waals surface area contributed by atoms with E-state index in [-0.39, 0.29) is 0 Å². The van der Waals surface area contributed by atoms with Gasteiger partial charge in [-0.2, -0.15) is 0 Å². The van der Waals surface area contributed by atoms with Gasteiger partial charge in [0.2, 0.25) is 0 Å². The molecule has 1 heterocycles. The zero-order valence-corrected chi connectivity index (χ0v) is 11.7. The van der Waals surface area contributed by atoms with Crippen LogP contribution in [0.15, 0.2) is 36.4 Å². The van der Waals surface area contributed by atoms with E-state index in [9.17, 15) is 4.79 Å². The van der Waals surface area contributed by atoms with Crippen molar-refractivity contribution in [3.63, 3.8) is 0 Å². The van der Waals surface area contributed by atoms with Gasteiger partial charge in [-0.3, -0.25) is 5.32 Å². The summed E-state index contributed by atoms with van der Waals surface area (Å²) >= 11 is 1.79. The number of carbonyl (C=O) groups is 1. The highest BCUT2D eigenvalue weighted by Crippen LogP contribution is 2.18. The molecule has 2 N–H and O–H groups in total. The molecule has 2 rings (SSSR count). The van der Waals surface area contributed by atoms with E-state index in [2.05, 4.69) is 34.4 Å². The van der Waals surface area contributed by atoms with Crippen molar-refractivity contribution in [1.82, 2.24) is 0 Å². The van der Waals surface area contributed by atoms with E-state index >= 15 is 0 Å². The molecule has 0 unspecified atom stereocenters. The third-order valence-electron chi connectivity index (χ3n) is 2.58. The number of anilines is 2. The number of thiophene rings is 1. The van der Waals surface area contributed by atoms with Crippen molar-refractivity contribution in [2.45, 2.75) is 13.5 Å². The van der Waals surface area contributed by atoms with E-state index in [4.69, 9.17) is 0 Å². The molecule has 0 radical (unpaired) electrons. The summed E-state index contributed by atoms with van der Waals surface area (Å²) in [6, 6.07) is 11.8. The fraction of sp³-hybridized carbons (Fsp3) is 0.214. The molecular formula is C14H16N2O2S. The molecule has 0 aliphatic rings. The topological polar surface area (TPSA) is 50.4 Å². The number of aryl methyl sites for hydroxylation is 1. The second-order valence-corrected chi connectivity index (χ2v) is 5.43. The Labute approximate surface area is 116 Å². The summed E-state index contributed by atoms with van der Waals surface area (Å²) < 4.78 is 4.53. The summed E-state index contributed by atoms with van der Waals surface area (Å²) in [5.74, 6) is 0. The summed E-state index contributed by atoms with van der Waals surface area (Å²) in [7, 11) is 1.34. The Balaban J connectivity index is 1.89. The first kappa shape index (κ1) is 13.4. The first-order valence-corrected chi connectivity index (χ1v) is 6.73. The van der Waals surface area contributed by atoms with Gasteiger partial charge in [-0.15, -0.1) is 11.3 Å². The van der Waals surface area contributed by atoms with E-state index in [0.717, 1.165) is 12.2 Å². The van der Waals surface area contributed by atoms with Crippen LogP contribution in [-0.2, 0) is 11.3 Å². The van der Waals surface area contributed by atoms with Gasteiger partial charge >= 0.3 is 6.09 Å². The van der Waals surface area contributed by atoms with Gasteiger partial charge < -0.3 is 10.1 Å². The highest BCUT2D eigenvalue weighted by molar-refractivity contribution is 7.11. The molecule has 0 saturated carbocycles. The lowest BCUT2D eigenvalue weighted by molar-refractivity contribution is 0.187. The lowest BCUT2D eigenvalue weighted by atomic mass is 10.3. The molecule has 0 fully saturated rings. The smallest absolute Gasteiger partial charge is 0.411 e. The third-order valence-corrected chi connectivity index (χ3v) is 3.58. The molecule has 5 heteroatoms. The molecular weight excluding hydrogens is 260 g/mol. The van der Waals surface area contributed by atoms with Gasteiger partial charge in [0.05, 0.1) is 7.11 Å². The highest BCUT2D eigenvalue weighted by atomic mass is 32.1. The molecule has 0 aliphatic carbocycles. The summed E-state index contributed by atoms with van der Waals surface area (Å²) in [4.78, 5) is 13.6. The average Bonchev–Trinajstić information content (AvgIpc) is 2.83.